The standard InChI is InChI=1S/C20H23N7O7.Ca.5H2O/c21-20-25-16-15(18(32)26-20)27(9-28)12(8-23-16)7-22-11-3-1-10(2-4-11)17(31)24-13(19(33)34)5-6-14(29)30;;;;;;/h1-4,9,12-13,22H,5-8H2,(H,24,31)(H,29,30)(H,33,34)(H4,21,23,25,26,32);;5*1H2/q;+2;;;;;/p-2. The van der Waals surface area contributed by atoms with Gasteiger partial charge in [-0.25, -0.2) is 0 Å². The van der Waals surface area contributed by atoms with Gasteiger partial charge in [0.2, 0.25) is 12.4 Å². The maximum Gasteiger partial charge on any atom is 2.00 e. The Labute approximate surface area is 255 Å². The number of rotatable bonds is 10. The molecule has 3 rings (SSSR count). The summed E-state index contributed by atoms with van der Waals surface area (Å²) in [5.74, 6) is -3.63. The Morgan fingerprint density at radius 3 is 2.25 bits per heavy atom. The number of fused-ring (bicyclic) bond motifs is 1. The number of carboxylic acids is 2. The summed E-state index contributed by atoms with van der Waals surface area (Å²) in [4.78, 5) is 65.4. The molecule has 0 radical (unpaired) electrons. The number of hydrogen-bond acceptors (Lipinski definition) is 11. The van der Waals surface area contributed by atoms with Crippen molar-refractivity contribution in [1.29, 1.82) is 0 Å². The van der Waals surface area contributed by atoms with Crippen molar-refractivity contribution in [2.75, 3.05) is 34.4 Å². The monoisotopic (exact) mass is 601 g/mol. The van der Waals surface area contributed by atoms with Crippen LogP contribution in [0.2, 0.25) is 0 Å². The minimum atomic E-state index is -1.60. The van der Waals surface area contributed by atoms with Gasteiger partial charge in [-0.3, -0.25) is 19.4 Å². The van der Waals surface area contributed by atoms with E-state index >= 15 is 0 Å². The number of nitrogen functional groups attached to an aromatic ring is 1. The van der Waals surface area contributed by atoms with Crippen molar-refractivity contribution in [3.05, 3.63) is 40.2 Å². The molecule has 16 N–H and O–H groups in total. The summed E-state index contributed by atoms with van der Waals surface area (Å²) < 4.78 is 0. The number of H-pyrrole nitrogens is 1. The number of amides is 2. The summed E-state index contributed by atoms with van der Waals surface area (Å²) >= 11 is 0. The number of hydrogen-bond donors (Lipinski definition) is 5. The molecule has 20 heteroatoms. The zero-order chi connectivity index (χ0) is 24.8. The third-order valence-corrected chi connectivity index (χ3v) is 5.10. The number of carboxylic acid groups (broad SMARTS) is 2. The van der Waals surface area contributed by atoms with Gasteiger partial charge in [0.25, 0.3) is 11.5 Å². The summed E-state index contributed by atoms with van der Waals surface area (Å²) in [6, 6.07) is 4.08. The summed E-state index contributed by atoms with van der Waals surface area (Å²) in [5, 5.41) is 29.9. The van der Waals surface area contributed by atoms with Crippen molar-refractivity contribution >= 4 is 85.1 Å². The Bertz CT molecular complexity index is 1170. The topological polar surface area (TPSA) is 383 Å². The van der Waals surface area contributed by atoms with Crippen LogP contribution in [0.3, 0.4) is 0 Å². The molecule has 19 nitrogen and oxygen atoms in total. The van der Waals surface area contributed by atoms with Gasteiger partial charge in [-0.1, -0.05) is 0 Å². The van der Waals surface area contributed by atoms with Gasteiger partial charge in [0.05, 0.1) is 18.1 Å². The number of nitrogens with one attached hydrogen (secondary N) is 4. The molecular formula is C20H31CaN7O12. The molecule has 220 valence electrons. The largest absolute Gasteiger partial charge is 2.00 e. The molecule has 1 aromatic carbocycles. The summed E-state index contributed by atoms with van der Waals surface area (Å²) in [6.45, 7) is 0.544. The molecule has 2 amide bonds. The molecular weight excluding hydrogens is 570 g/mol. The smallest absolute Gasteiger partial charge is 0.550 e. The van der Waals surface area contributed by atoms with E-state index in [1.54, 1.807) is 12.1 Å². The van der Waals surface area contributed by atoms with Gasteiger partial charge in [0, 0.05) is 30.3 Å². The van der Waals surface area contributed by atoms with E-state index in [9.17, 15) is 34.2 Å². The van der Waals surface area contributed by atoms with Gasteiger partial charge in [0.1, 0.15) is 0 Å². The molecule has 2 heterocycles. The average molecular weight is 602 g/mol. The normalized spacial score (nSPS) is 13.1. The molecule has 2 aromatic rings. The first-order valence-electron chi connectivity index (χ1n) is 10.1. The van der Waals surface area contributed by atoms with Crippen LogP contribution in [0.5, 0.6) is 0 Å². The number of carbonyl (C=O) groups is 4. The molecule has 2 atom stereocenters. The molecule has 0 spiro atoms. The number of benzene rings is 1. The van der Waals surface area contributed by atoms with E-state index in [1.807, 2.05) is 0 Å². The first-order chi connectivity index (χ1) is 16.2. The van der Waals surface area contributed by atoms with Gasteiger partial charge < -0.3 is 73.8 Å². The molecule has 0 saturated carbocycles. The van der Waals surface area contributed by atoms with Crippen LogP contribution in [0.4, 0.5) is 23.1 Å². The van der Waals surface area contributed by atoms with Gasteiger partial charge in [-0.15, -0.1) is 0 Å². The Morgan fingerprint density at radius 2 is 1.73 bits per heavy atom. The van der Waals surface area contributed by atoms with Gasteiger partial charge in [-0.2, -0.15) is 4.98 Å². The molecule has 1 aliphatic rings. The first-order valence-corrected chi connectivity index (χ1v) is 10.1. The van der Waals surface area contributed by atoms with E-state index in [4.69, 9.17) is 5.73 Å². The van der Waals surface area contributed by atoms with Crippen LogP contribution in [-0.2, 0) is 14.4 Å². The number of nitrogens with two attached hydrogens (primary N) is 1. The molecule has 40 heavy (non-hydrogen) atoms. The predicted molar refractivity (Wildman–Crippen MR) is 139 cm³/mol. The predicted octanol–water partition coefficient (Wildman–Crippen LogP) is -7.90. The molecule has 1 aliphatic heterocycles. The van der Waals surface area contributed by atoms with Gasteiger partial charge in [-0.05, 0) is 37.1 Å². The number of anilines is 4. The average Bonchev–Trinajstić information content (AvgIpc) is 2.79. The molecule has 0 bridgehead atoms. The summed E-state index contributed by atoms with van der Waals surface area (Å²) in [7, 11) is 0. The van der Waals surface area contributed by atoms with E-state index in [0.717, 1.165) is 0 Å². The second-order valence-electron chi connectivity index (χ2n) is 7.41. The Balaban J connectivity index is -0.00000108. The van der Waals surface area contributed by atoms with Crippen molar-refractivity contribution in [2.24, 2.45) is 0 Å². The van der Waals surface area contributed by atoms with E-state index in [1.165, 1.54) is 17.0 Å². The van der Waals surface area contributed by atoms with E-state index < -0.39 is 41.9 Å². The van der Waals surface area contributed by atoms with E-state index in [0.29, 0.717) is 18.6 Å². The van der Waals surface area contributed by atoms with E-state index in [-0.39, 0.29) is 101 Å². The Morgan fingerprint density at radius 1 is 1.12 bits per heavy atom. The number of aromatic amines is 1. The number of carbonyl (C=O) groups excluding carboxylic acids is 4. The van der Waals surface area contributed by atoms with Crippen LogP contribution in [0, 0.1) is 0 Å². The van der Waals surface area contributed by atoms with E-state index in [2.05, 4.69) is 25.9 Å². The van der Waals surface area contributed by atoms with Crippen LogP contribution in [-0.4, -0.2) is 125 Å². The Hall–Kier alpha value is -3.56. The maximum absolute atomic E-state index is 12.3. The zero-order valence-corrected chi connectivity index (χ0v) is 23.1. The van der Waals surface area contributed by atoms with Gasteiger partial charge >= 0.3 is 37.7 Å². The van der Waals surface area contributed by atoms with Crippen LogP contribution in [0.15, 0.2) is 29.1 Å². The van der Waals surface area contributed by atoms with Gasteiger partial charge in [0.15, 0.2) is 11.5 Å². The van der Waals surface area contributed by atoms with Crippen LogP contribution >= 0.6 is 0 Å². The SMILES string of the molecule is Nc1nc2c(c(=O)[nH]1)N(C=O)C(CNc1ccc(C(=O)NC(CCC(=O)[O-])C(=O)[O-])cc1)CN2.O.O.O.O.O.[Ca+2]. The molecule has 0 aliphatic carbocycles. The van der Waals surface area contributed by atoms with Crippen LogP contribution in [0.1, 0.15) is 23.2 Å². The molecule has 1 aromatic heterocycles. The van der Waals surface area contributed by atoms with Crippen LogP contribution in [0.25, 0.3) is 0 Å². The molecule has 2 unspecified atom stereocenters. The van der Waals surface area contributed by atoms with Crippen molar-refractivity contribution in [3.8, 4) is 0 Å². The fraction of sp³-hybridized carbons (Fsp3) is 0.300. The number of aromatic nitrogens is 2. The minimum absolute atomic E-state index is 0. The summed E-state index contributed by atoms with van der Waals surface area (Å²) in [5.41, 5.74) is 5.75. The fourth-order valence-corrected chi connectivity index (χ4v) is 3.38. The third kappa shape index (κ3) is 10.9. The quantitative estimate of drug-likeness (QED) is 0.126. The summed E-state index contributed by atoms with van der Waals surface area (Å²) in [6.07, 6.45) is -0.386. The van der Waals surface area contributed by atoms with Crippen molar-refractivity contribution < 1.29 is 56.8 Å². The second-order valence-corrected chi connectivity index (χ2v) is 7.41. The zero-order valence-electron chi connectivity index (χ0n) is 20.9. The first kappa shape index (κ1) is 43.5. The fourth-order valence-electron chi connectivity index (χ4n) is 3.38. The second kappa shape index (κ2) is 19.5. The minimum Gasteiger partial charge on any atom is -0.550 e. The molecule has 0 fully saturated rings. The maximum atomic E-state index is 12.3. The van der Waals surface area contributed by atoms with Crippen molar-refractivity contribution in [2.45, 2.75) is 24.9 Å². The molecule has 0 saturated heterocycles. The Kier molecular flexibility index (Phi) is 21.2. The van der Waals surface area contributed by atoms with Crippen molar-refractivity contribution in [3.63, 3.8) is 0 Å². The number of aliphatic carboxylic acids is 2. The van der Waals surface area contributed by atoms with Crippen LogP contribution < -0.4 is 42.4 Å². The van der Waals surface area contributed by atoms with Crippen molar-refractivity contribution in [1.82, 2.24) is 15.3 Å². The number of nitrogens with zero attached hydrogens (tertiary/aromatic N) is 2. The third-order valence-electron chi connectivity index (χ3n) is 5.10.